The zero-order chi connectivity index (χ0) is 19.8. The fraction of sp³-hybridized carbons (Fsp3) is 0.208. The molecule has 3 aromatic rings. The summed E-state index contributed by atoms with van der Waals surface area (Å²) in [5.41, 5.74) is 0. The van der Waals surface area contributed by atoms with Crippen molar-refractivity contribution in [2.45, 2.75) is 19.4 Å². The third-order valence-electron chi connectivity index (χ3n) is 4.96. The Balaban J connectivity index is 2.15. The van der Waals surface area contributed by atoms with Gasteiger partial charge in [0.25, 0.3) is 0 Å². The van der Waals surface area contributed by atoms with E-state index in [-0.39, 0.29) is 0 Å². The molecule has 28 heavy (non-hydrogen) atoms. The van der Waals surface area contributed by atoms with E-state index < -0.39 is 19.3 Å². The molecule has 0 heterocycles. The Morgan fingerprint density at radius 1 is 0.821 bits per heavy atom. The summed E-state index contributed by atoms with van der Waals surface area (Å²) in [6.45, 7) is 2.23. The van der Waals surface area contributed by atoms with Gasteiger partial charge in [-0.05, 0) is 43.3 Å². The predicted molar refractivity (Wildman–Crippen MR) is 118 cm³/mol. The molecule has 3 aromatic carbocycles. The maximum atomic E-state index is 11.7. The Kier molecular flexibility index (Phi) is 6.97. The van der Waals surface area contributed by atoms with Crippen LogP contribution in [0.25, 0.3) is 0 Å². The van der Waals surface area contributed by atoms with E-state index in [0.717, 1.165) is 6.16 Å². The van der Waals surface area contributed by atoms with E-state index in [9.17, 15) is 9.90 Å². The molecular weight excluding hydrogens is 367 g/mol. The van der Waals surface area contributed by atoms with E-state index in [1.807, 2.05) is 25.1 Å². The summed E-state index contributed by atoms with van der Waals surface area (Å²) in [5.74, 6) is -0.894. The highest BCUT2D eigenvalue weighted by Gasteiger charge is 2.45. The number of benzene rings is 3. The van der Waals surface area contributed by atoms with Crippen LogP contribution in [-0.4, -0.2) is 29.9 Å². The van der Waals surface area contributed by atoms with Crippen molar-refractivity contribution in [3.05, 3.63) is 91.0 Å². The first kappa shape index (κ1) is 20.3. The Hall–Kier alpha value is -2.48. The van der Waals surface area contributed by atoms with Crippen LogP contribution in [0.4, 0.5) is 0 Å². The van der Waals surface area contributed by atoms with Gasteiger partial charge in [0, 0.05) is 13.0 Å². The highest BCUT2D eigenvalue weighted by Crippen LogP contribution is 2.56. The van der Waals surface area contributed by atoms with Gasteiger partial charge >= 0.3 is 5.97 Å². The summed E-state index contributed by atoms with van der Waals surface area (Å²) in [5, 5.41) is 13.4. The quantitative estimate of drug-likeness (QED) is 0.562. The van der Waals surface area contributed by atoms with Crippen LogP contribution < -0.4 is 15.9 Å². The average Bonchev–Trinajstić information content (AvgIpc) is 2.75. The smallest absolute Gasteiger partial charge is 0.332 e. The van der Waals surface area contributed by atoms with Crippen LogP contribution in [0.5, 0.6) is 0 Å². The molecule has 0 bridgehead atoms. The maximum Gasteiger partial charge on any atom is 0.332 e. The van der Waals surface area contributed by atoms with Gasteiger partial charge < -0.3 is 9.84 Å². The minimum absolute atomic E-state index is 0.393. The number of carboxylic acid groups (broad SMARTS) is 1. The van der Waals surface area contributed by atoms with Gasteiger partial charge in [0.05, 0.1) is 6.16 Å². The molecule has 3 rings (SSSR count). The summed E-state index contributed by atoms with van der Waals surface area (Å²) >= 11 is 0. The largest absolute Gasteiger partial charge is 0.479 e. The van der Waals surface area contributed by atoms with Crippen LogP contribution >= 0.6 is 7.26 Å². The molecule has 0 aliphatic heterocycles. The number of rotatable bonds is 9. The van der Waals surface area contributed by atoms with Crippen LogP contribution in [-0.2, 0) is 9.53 Å². The van der Waals surface area contributed by atoms with Crippen LogP contribution in [0.15, 0.2) is 91.0 Å². The van der Waals surface area contributed by atoms with Crippen molar-refractivity contribution >= 4 is 29.1 Å². The lowest BCUT2D eigenvalue weighted by atomic mass is 10.3. The van der Waals surface area contributed by atoms with E-state index in [1.54, 1.807) is 0 Å². The van der Waals surface area contributed by atoms with Crippen LogP contribution in [0.1, 0.15) is 13.3 Å². The second kappa shape index (κ2) is 9.64. The zero-order valence-corrected chi connectivity index (χ0v) is 17.0. The Labute approximate surface area is 167 Å². The molecule has 1 unspecified atom stereocenters. The number of aliphatic carboxylic acids is 1. The SMILES string of the molecule is CCOC(CC[P+](c1ccccc1)(c1ccccc1)c1ccccc1)C(=O)O. The molecule has 0 fully saturated rings. The van der Waals surface area contributed by atoms with Crippen molar-refractivity contribution in [3.63, 3.8) is 0 Å². The summed E-state index contributed by atoms with van der Waals surface area (Å²) < 4.78 is 5.52. The van der Waals surface area contributed by atoms with Gasteiger partial charge in [-0.1, -0.05) is 54.6 Å². The van der Waals surface area contributed by atoms with Gasteiger partial charge in [-0.25, -0.2) is 4.79 Å². The van der Waals surface area contributed by atoms with Gasteiger partial charge in [0.15, 0.2) is 6.10 Å². The van der Waals surface area contributed by atoms with Gasteiger partial charge in [-0.2, -0.15) is 0 Å². The molecule has 3 nitrogen and oxygen atoms in total. The zero-order valence-electron chi connectivity index (χ0n) is 16.1. The van der Waals surface area contributed by atoms with Gasteiger partial charge in [0.1, 0.15) is 23.2 Å². The number of carbonyl (C=O) groups is 1. The van der Waals surface area contributed by atoms with Crippen LogP contribution in [0.3, 0.4) is 0 Å². The first-order valence-corrected chi connectivity index (χ1v) is 11.5. The lowest BCUT2D eigenvalue weighted by Gasteiger charge is -2.28. The molecule has 144 valence electrons. The fourth-order valence-corrected chi connectivity index (χ4v) is 8.01. The monoisotopic (exact) mass is 393 g/mol. The van der Waals surface area contributed by atoms with Crippen molar-refractivity contribution < 1.29 is 14.6 Å². The Morgan fingerprint density at radius 2 is 1.21 bits per heavy atom. The highest BCUT2D eigenvalue weighted by molar-refractivity contribution is 7.95. The van der Waals surface area contributed by atoms with Crippen LogP contribution in [0, 0.1) is 0 Å². The Morgan fingerprint density at radius 3 is 1.54 bits per heavy atom. The van der Waals surface area contributed by atoms with Crippen molar-refractivity contribution in [1.29, 1.82) is 0 Å². The summed E-state index contributed by atoms with van der Waals surface area (Å²) in [6, 6.07) is 31.5. The molecular formula is C24H26O3P+. The van der Waals surface area contributed by atoms with E-state index in [1.165, 1.54) is 15.9 Å². The lowest BCUT2D eigenvalue weighted by molar-refractivity contribution is -0.150. The maximum absolute atomic E-state index is 11.7. The van der Waals surface area contributed by atoms with E-state index in [0.29, 0.717) is 13.0 Å². The normalized spacial score (nSPS) is 12.5. The molecule has 4 heteroatoms. The molecule has 0 amide bonds. The lowest BCUT2D eigenvalue weighted by Crippen LogP contribution is -2.36. The van der Waals surface area contributed by atoms with Crippen molar-refractivity contribution in [1.82, 2.24) is 0 Å². The van der Waals surface area contributed by atoms with E-state index in [4.69, 9.17) is 4.74 Å². The topological polar surface area (TPSA) is 46.5 Å². The second-order valence-corrected chi connectivity index (χ2v) is 10.2. The van der Waals surface area contributed by atoms with Gasteiger partial charge in [-0.15, -0.1) is 0 Å². The molecule has 0 saturated carbocycles. The average molecular weight is 393 g/mol. The first-order chi connectivity index (χ1) is 13.7. The molecule has 0 radical (unpaired) electrons. The Bertz CT molecular complexity index is 769. The highest BCUT2D eigenvalue weighted by atomic mass is 31.2. The number of hydrogen-bond donors (Lipinski definition) is 1. The molecule has 1 N–H and O–H groups in total. The molecule has 1 atom stereocenters. The fourth-order valence-electron chi connectivity index (χ4n) is 3.67. The van der Waals surface area contributed by atoms with E-state index >= 15 is 0 Å². The van der Waals surface area contributed by atoms with Gasteiger partial charge in [0.2, 0.25) is 0 Å². The first-order valence-electron chi connectivity index (χ1n) is 9.58. The summed E-state index contributed by atoms with van der Waals surface area (Å²) in [7, 11) is -2.01. The third kappa shape index (κ3) is 4.32. The van der Waals surface area contributed by atoms with Crippen molar-refractivity contribution in [3.8, 4) is 0 Å². The minimum atomic E-state index is -2.01. The molecule has 0 aliphatic rings. The third-order valence-corrected chi connectivity index (χ3v) is 9.43. The standard InChI is InChI=1S/C24H25O3P/c1-2-27-23(24(25)26)18-19-28(20-12-6-3-7-13-20,21-14-8-4-9-15-21)22-16-10-5-11-17-22/h3-17,23H,2,18-19H2,1H3/p+1. The van der Waals surface area contributed by atoms with E-state index in [2.05, 4.69) is 72.8 Å². The summed E-state index contributed by atoms with van der Waals surface area (Å²) in [6.07, 6.45) is 0.415. The number of ether oxygens (including phenoxy) is 1. The summed E-state index contributed by atoms with van der Waals surface area (Å²) in [4.78, 5) is 11.7. The molecule has 0 saturated heterocycles. The second-order valence-electron chi connectivity index (χ2n) is 6.61. The molecule has 0 spiro atoms. The molecule has 0 aromatic heterocycles. The number of carboxylic acids is 1. The van der Waals surface area contributed by atoms with Crippen LogP contribution in [0.2, 0.25) is 0 Å². The van der Waals surface area contributed by atoms with Gasteiger partial charge in [-0.3, -0.25) is 0 Å². The van der Waals surface area contributed by atoms with Crippen molar-refractivity contribution in [2.75, 3.05) is 12.8 Å². The van der Waals surface area contributed by atoms with Crippen molar-refractivity contribution in [2.24, 2.45) is 0 Å². The molecule has 0 aliphatic carbocycles. The predicted octanol–water partition coefficient (Wildman–Crippen LogP) is 3.86. The minimum Gasteiger partial charge on any atom is -0.479 e. The number of hydrogen-bond acceptors (Lipinski definition) is 2.